The first-order chi connectivity index (χ1) is 10.2. The predicted molar refractivity (Wildman–Crippen MR) is 83.4 cm³/mol. The van der Waals surface area contributed by atoms with Crippen LogP contribution >= 0.6 is 0 Å². The SMILES string of the molecule is COc1cccc(C(C)N(C)Cc2cncn2C2CC2)c1. The summed E-state index contributed by atoms with van der Waals surface area (Å²) in [5.41, 5.74) is 2.57. The van der Waals surface area contributed by atoms with Gasteiger partial charge in [-0.25, -0.2) is 4.98 Å². The summed E-state index contributed by atoms with van der Waals surface area (Å²) in [4.78, 5) is 6.66. The molecule has 1 aliphatic carbocycles. The van der Waals surface area contributed by atoms with Gasteiger partial charge in [-0.1, -0.05) is 12.1 Å². The van der Waals surface area contributed by atoms with E-state index in [0.717, 1.165) is 12.3 Å². The van der Waals surface area contributed by atoms with Crippen molar-refractivity contribution < 1.29 is 4.74 Å². The van der Waals surface area contributed by atoms with Crippen LogP contribution in [0, 0.1) is 0 Å². The average molecular weight is 285 g/mol. The summed E-state index contributed by atoms with van der Waals surface area (Å²) in [5.74, 6) is 0.913. The lowest BCUT2D eigenvalue weighted by Crippen LogP contribution is -2.23. The fraction of sp³-hybridized carbons (Fsp3) is 0.471. The molecule has 1 unspecified atom stereocenters. The van der Waals surface area contributed by atoms with E-state index in [0.29, 0.717) is 12.1 Å². The van der Waals surface area contributed by atoms with Crippen molar-refractivity contribution in [3.05, 3.63) is 48.0 Å². The fourth-order valence-electron chi connectivity index (χ4n) is 2.68. The van der Waals surface area contributed by atoms with Crippen molar-refractivity contribution in [1.82, 2.24) is 14.5 Å². The lowest BCUT2D eigenvalue weighted by Gasteiger charge is -2.25. The van der Waals surface area contributed by atoms with Gasteiger partial charge in [0.1, 0.15) is 5.75 Å². The molecule has 21 heavy (non-hydrogen) atoms. The minimum absolute atomic E-state index is 0.336. The van der Waals surface area contributed by atoms with E-state index < -0.39 is 0 Å². The monoisotopic (exact) mass is 285 g/mol. The van der Waals surface area contributed by atoms with Gasteiger partial charge in [-0.3, -0.25) is 4.90 Å². The molecule has 112 valence electrons. The second kappa shape index (κ2) is 5.90. The Morgan fingerprint density at radius 1 is 1.43 bits per heavy atom. The van der Waals surface area contributed by atoms with Crippen LogP contribution in [-0.4, -0.2) is 28.6 Å². The maximum atomic E-state index is 5.32. The highest BCUT2D eigenvalue weighted by Crippen LogP contribution is 2.36. The molecule has 4 heteroatoms. The van der Waals surface area contributed by atoms with E-state index >= 15 is 0 Å². The van der Waals surface area contributed by atoms with Gasteiger partial charge in [0.15, 0.2) is 0 Å². The molecule has 1 aromatic heterocycles. The van der Waals surface area contributed by atoms with E-state index in [2.05, 4.69) is 40.6 Å². The predicted octanol–water partition coefficient (Wildman–Crippen LogP) is 3.42. The Morgan fingerprint density at radius 3 is 2.95 bits per heavy atom. The molecule has 0 aliphatic heterocycles. The molecule has 0 N–H and O–H groups in total. The van der Waals surface area contributed by atoms with Crippen molar-refractivity contribution in [2.24, 2.45) is 0 Å². The fourth-order valence-corrected chi connectivity index (χ4v) is 2.68. The van der Waals surface area contributed by atoms with Gasteiger partial charge < -0.3 is 9.30 Å². The zero-order valence-electron chi connectivity index (χ0n) is 13.0. The van der Waals surface area contributed by atoms with Crippen LogP contribution < -0.4 is 4.74 Å². The number of hydrogen-bond donors (Lipinski definition) is 0. The number of nitrogens with zero attached hydrogens (tertiary/aromatic N) is 3. The van der Waals surface area contributed by atoms with Crippen molar-refractivity contribution >= 4 is 0 Å². The van der Waals surface area contributed by atoms with Crippen molar-refractivity contribution in [3.8, 4) is 5.75 Å². The molecule has 0 saturated heterocycles. The highest BCUT2D eigenvalue weighted by Gasteiger charge is 2.26. The Kier molecular flexibility index (Phi) is 3.97. The van der Waals surface area contributed by atoms with Crippen LogP contribution in [0.2, 0.25) is 0 Å². The summed E-state index contributed by atoms with van der Waals surface area (Å²) < 4.78 is 7.65. The maximum Gasteiger partial charge on any atom is 0.119 e. The van der Waals surface area contributed by atoms with Gasteiger partial charge >= 0.3 is 0 Å². The van der Waals surface area contributed by atoms with E-state index in [1.54, 1.807) is 7.11 Å². The standard InChI is InChI=1S/C17H23N3O/c1-13(14-5-4-6-17(9-14)21-3)19(2)11-16-10-18-12-20(16)15-7-8-15/h4-6,9-10,12-13,15H,7-8,11H2,1-3H3. The second-order valence-corrected chi connectivity index (χ2v) is 5.89. The number of ether oxygens (including phenoxy) is 1. The quantitative estimate of drug-likeness (QED) is 0.814. The van der Waals surface area contributed by atoms with Crippen molar-refractivity contribution in [3.63, 3.8) is 0 Å². The summed E-state index contributed by atoms with van der Waals surface area (Å²) >= 11 is 0. The lowest BCUT2D eigenvalue weighted by molar-refractivity contribution is 0.246. The first-order valence-electron chi connectivity index (χ1n) is 7.54. The van der Waals surface area contributed by atoms with E-state index in [-0.39, 0.29) is 0 Å². The summed E-state index contributed by atoms with van der Waals surface area (Å²) in [7, 11) is 3.87. The van der Waals surface area contributed by atoms with Gasteiger partial charge in [0.25, 0.3) is 0 Å². The van der Waals surface area contributed by atoms with E-state index in [9.17, 15) is 0 Å². The molecule has 1 heterocycles. The van der Waals surface area contributed by atoms with E-state index in [1.165, 1.54) is 24.1 Å². The molecule has 1 saturated carbocycles. The van der Waals surface area contributed by atoms with E-state index in [1.807, 2.05) is 24.7 Å². The Hall–Kier alpha value is -1.81. The third-order valence-electron chi connectivity index (χ3n) is 4.34. The number of rotatable bonds is 6. The molecule has 2 aromatic rings. The third-order valence-corrected chi connectivity index (χ3v) is 4.34. The molecule has 3 rings (SSSR count). The molecular weight excluding hydrogens is 262 g/mol. The highest BCUT2D eigenvalue weighted by atomic mass is 16.5. The van der Waals surface area contributed by atoms with Crippen molar-refractivity contribution in [2.75, 3.05) is 14.2 Å². The minimum atomic E-state index is 0.336. The molecule has 1 aromatic carbocycles. The van der Waals surface area contributed by atoms with Crippen molar-refractivity contribution in [1.29, 1.82) is 0 Å². The van der Waals surface area contributed by atoms with Gasteiger partial charge in [0, 0.05) is 24.8 Å². The van der Waals surface area contributed by atoms with Crippen LogP contribution in [0.25, 0.3) is 0 Å². The normalized spacial score (nSPS) is 16.2. The average Bonchev–Trinajstić information content (AvgIpc) is 3.26. The van der Waals surface area contributed by atoms with Gasteiger partial charge in [0.05, 0.1) is 19.1 Å². The van der Waals surface area contributed by atoms with Crippen LogP contribution in [0.5, 0.6) is 5.75 Å². The summed E-state index contributed by atoms with van der Waals surface area (Å²) in [6.45, 7) is 3.14. The number of aromatic nitrogens is 2. The third kappa shape index (κ3) is 3.10. The first kappa shape index (κ1) is 14.1. The van der Waals surface area contributed by atoms with Gasteiger partial charge in [-0.05, 0) is 44.5 Å². The molecule has 0 bridgehead atoms. The van der Waals surface area contributed by atoms with Gasteiger partial charge in [-0.15, -0.1) is 0 Å². The van der Waals surface area contributed by atoms with Crippen LogP contribution in [0.1, 0.15) is 43.1 Å². The molecule has 0 radical (unpaired) electrons. The zero-order chi connectivity index (χ0) is 14.8. The Labute approximate surface area is 126 Å². The molecule has 1 aliphatic rings. The summed E-state index contributed by atoms with van der Waals surface area (Å²) in [5, 5.41) is 0. The largest absolute Gasteiger partial charge is 0.497 e. The first-order valence-corrected chi connectivity index (χ1v) is 7.54. The molecular formula is C17H23N3O. The van der Waals surface area contributed by atoms with Gasteiger partial charge in [-0.2, -0.15) is 0 Å². The highest BCUT2D eigenvalue weighted by molar-refractivity contribution is 5.30. The minimum Gasteiger partial charge on any atom is -0.497 e. The number of methoxy groups -OCH3 is 1. The van der Waals surface area contributed by atoms with Crippen LogP contribution in [-0.2, 0) is 6.54 Å². The van der Waals surface area contributed by atoms with Crippen LogP contribution in [0.15, 0.2) is 36.8 Å². The second-order valence-electron chi connectivity index (χ2n) is 5.89. The smallest absolute Gasteiger partial charge is 0.119 e. The topological polar surface area (TPSA) is 30.3 Å². The van der Waals surface area contributed by atoms with E-state index in [4.69, 9.17) is 4.74 Å². The number of hydrogen-bond acceptors (Lipinski definition) is 3. The maximum absolute atomic E-state index is 5.32. The molecule has 4 nitrogen and oxygen atoms in total. The Morgan fingerprint density at radius 2 is 2.24 bits per heavy atom. The Balaban J connectivity index is 1.71. The molecule has 0 amide bonds. The van der Waals surface area contributed by atoms with Crippen LogP contribution in [0.3, 0.4) is 0 Å². The Bertz CT molecular complexity index is 604. The summed E-state index contributed by atoms with van der Waals surface area (Å²) in [6, 6.07) is 9.32. The zero-order valence-corrected chi connectivity index (χ0v) is 13.0. The number of imidazole rings is 1. The van der Waals surface area contributed by atoms with Crippen LogP contribution in [0.4, 0.5) is 0 Å². The van der Waals surface area contributed by atoms with Crippen molar-refractivity contribution in [2.45, 2.75) is 38.4 Å². The molecule has 1 atom stereocenters. The molecule has 1 fully saturated rings. The van der Waals surface area contributed by atoms with Gasteiger partial charge in [0.2, 0.25) is 0 Å². The lowest BCUT2D eigenvalue weighted by atomic mass is 10.1. The number of benzene rings is 1. The summed E-state index contributed by atoms with van der Waals surface area (Å²) in [6.07, 6.45) is 6.54. The molecule has 0 spiro atoms.